The molecule has 2 aromatic carbocycles. The lowest BCUT2D eigenvalue weighted by atomic mass is 9.92. The van der Waals surface area contributed by atoms with Crippen LogP contribution in [0.5, 0.6) is 0 Å². The maximum Gasteiger partial charge on any atom is 0.253 e. The molecule has 1 atom stereocenters. The summed E-state index contributed by atoms with van der Waals surface area (Å²) in [6, 6.07) is 15.6. The number of carbonyl (C=O) groups is 1. The molecule has 47 heavy (non-hydrogen) atoms. The number of likely N-dealkylation sites (tertiary alicyclic amines) is 1. The predicted molar refractivity (Wildman–Crippen MR) is 193 cm³/mol. The van der Waals surface area contributed by atoms with Gasteiger partial charge in [0, 0.05) is 61.4 Å². The number of benzene rings is 2. The van der Waals surface area contributed by atoms with E-state index < -0.39 is 0 Å². The number of hydrogen-bond acceptors (Lipinski definition) is 5. The van der Waals surface area contributed by atoms with Gasteiger partial charge in [0.1, 0.15) is 0 Å². The Kier molecular flexibility index (Phi) is 12.3. The van der Waals surface area contributed by atoms with Gasteiger partial charge in [0.25, 0.3) is 11.5 Å². The number of amides is 1. The van der Waals surface area contributed by atoms with Gasteiger partial charge < -0.3 is 19.9 Å². The van der Waals surface area contributed by atoms with E-state index in [9.17, 15) is 9.59 Å². The molecule has 1 aromatic heterocycles. The van der Waals surface area contributed by atoms with Crippen molar-refractivity contribution in [1.29, 1.82) is 0 Å². The van der Waals surface area contributed by atoms with Crippen LogP contribution in [0.3, 0.4) is 0 Å². The minimum absolute atomic E-state index is 0.151. The van der Waals surface area contributed by atoms with Gasteiger partial charge in [0.05, 0.1) is 0 Å². The molecular weight excluding hydrogens is 584 g/mol. The lowest BCUT2D eigenvalue weighted by Gasteiger charge is -2.37. The Labute approximate surface area is 282 Å². The lowest BCUT2D eigenvalue weighted by Crippen LogP contribution is -2.40. The molecule has 3 heterocycles. The summed E-state index contributed by atoms with van der Waals surface area (Å²) in [6.45, 7) is 16.2. The standard InChI is InChI=1S/C40H56N4O3/c1-6-10-31-11-8-9-19-43(20-16-31)27-32-12-14-33(15-13-32)34-24-36(39(45)41-26-37-28(3)23-29(4)42-40(37)46)30(5)38(25-34)44(7-2)35-17-21-47-22-18-35/h12-15,23-25,31,35H,6-11,16-22,26-27H2,1-5H3,(H,41,45)(H,42,46). The largest absolute Gasteiger partial charge is 0.381 e. The number of aromatic amines is 1. The molecule has 2 saturated heterocycles. The zero-order valence-corrected chi connectivity index (χ0v) is 29.4. The molecule has 254 valence electrons. The average molecular weight is 641 g/mol. The Bertz CT molecular complexity index is 1540. The van der Waals surface area contributed by atoms with Gasteiger partial charge in [-0.15, -0.1) is 0 Å². The third-order valence-corrected chi connectivity index (χ3v) is 10.4. The quantitative estimate of drug-likeness (QED) is 0.225. The Morgan fingerprint density at radius 2 is 1.72 bits per heavy atom. The molecule has 0 bridgehead atoms. The molecular formula is C40H56N4O3. The zero-order chi connectivity index (χ0) is 33.3. The number of ether oxygens (including phenoxy) is 1. The fourth-order valence-corrected chi connectivity index (χ4v) is 7.69. The number of aromatic nitrogens is 1. The SMILES string of the molecule is CCCC1CCCCN(Cc2ccc(-c3cc(C(=O)NCc4c(C)cc(C)[nH]c4=O)c(C)c(N(CC)C4CCOCC4)c3)cc2)CC1. The third kappa shape index (κ3) is 8.94. The molecule has 1 unspecified atom stereocenters. The molecule has 7 heteroatoms. The minimum atomic E-state index is -0.164. The van der Waals surface area contributed by atoms with Crippen LogP contribution >= 0.6 is 0 Å². The molecule has 0 saturated carbocycles. The van der Waals surface area contributed by atoms with E-state index in [0.717, 1.165) is 78.7 Å². The van der Waals surface area contributed by atoms with Gasteiger partial charge in [-0.25, -0.2) is 0 Å². The van der Waals surface area contributed by atoms with Crippen LogP contribution in [0.4, 0.5) is 5.69 Å². The van der Waals surface area contributed by atoms with Crippen molar-refractivity contribution in [2.24, 2.45) is 5.92 Å². The van der Waals surface area contributed by atoms with Gasteiger partial charge in [0.15, 0.2) is 0 Å². The van der Waals surface area contributed by atoms with E-state index in [2.05, 4.69) is 71.2 Å². The first-order chi connectivity index (χ1) is 22.8. The van der Waals surface area contributed by atoms with Gasteiger partial charge in [-0.05, 0) is 118 Å². The number of anilines is 1. The van der Waals surface area contributed by atoms with E-state index in [1.165, 1.54) is 57.2 Å². The highest BCUT2D eigenvalue weighted by Crippen LogP contribution is 2.34. The molecule has 3 aromatic rings. The lowest BCUT2D eigenvalue weighted by molar-refractivity contribution is 0.0846. The number of rotatable bonds is 11. The second kappa shape index (κ2) is 16.6. The summed E-state index contributed by atoms with van der Waals surface area (Å²) in [5.74, 6) is 0.709. The molecule has 2 N–H and O–H groups in total. The highest BCUT2D eigenvalue weighted by Gasteiger charge is 2.25. The van der Waals surface area contributed by atoms with Crippen LogP contribution in [0.2, 0.25) is 0 Å². The number of hydrogen-bond donors (Lipinski definition) is 2. The van der Waals surface area contributed by atoms with Crippen LogP contribution in [0.1, 0.15) is 104 Å². The summed E-state index contributed by atoms with van der Waals surface area (Å²) in [5.41, 5.74) is 8.32. The predicted octanol–water partition coefficient (Wildman–Crippen LogP) is 7.69. The summed E-state index contributed by atoms with van der Waals surface area (Å²) in [7, 11) is 0. The van der Waals surface area contributed by atoms with Crippen LogP contribution in [-0.4, -0.2) is 54.7 Å². The highest BCUT2D eigenvalue weighted by atomic mass is 16.5. The van der Waals surface area contributed by atoms with Crippen LogP contribution in [-0.2, 0) is 17.8 Å². The van der Waals surface area contributed by atoms with E-state index in [-0.39, 0.29) is 18.0 Å². The van der Waals surface area contributed by atoms with E-state index in [4.69, 9.17) is 4.74 Å². The first kappa shape index (κ1) is 34.9. The van der Waals surface area contributed by atoms with Crippen LogP contribution in [0, 0.1) is 26.7 Å². The van der Waals surface area contributed by atoms with Crippen molar-refractivity contribution in [3.63, 3.8) is 0 Å². The van der Waals surface area contributed by atoms with E-state index in [1.807, 2.05) is 26.0 Å². The maximum absolute atomic E-state index is 13.9. The van der Waals surface area contributed by atoms with Crippen molar-refractivity contribution < 1.29 is 9.53 Å². The molecule has 2 aliphatic heterocycles. The summed E-state index contributed by atoms with van der Waals surface area (Å²) in [4.78, 5) is 34.5. The van der Waals surface area contributed by atoms with Crippen LogP contribution in [0.15, 0.2) is 47.3 Å². The first-order valence-electron chi connectivity index (χ1n) is 18.1. The number of carbonyl (C=O) groups excluding carboxylic acids is 1. The molecule has 2 fully saturated rings. The maximum atomic E-state index is 13.9. The Hall–Kier alpha value is -3.42. The fourth-order valence-electron chi connectivity index (χ4n) is 7.69. The second-order valence-corrected chi connectivity index (χ2v) is 13.8. The summed E-state index contributed by atoms with van der Waals surface area (Å²) in [5, 5.41) is 3.07. The van der Waals surface area contributed by atoms with Gasteiger partial charge in [-0.3, -0.25) is 14.5 Å². The highest BCUT2D eigenvalue weighted by molar-refractivity contribution is 5.99. The van der Waals surface area contributed by atoms with Crippen LogP contribution in [0.25, 0.3) is 11.1 Å². The number of H-pyrrole nitrogens is 1. The molecule has 0 aliphatic carbocycles. The molecule has 1 amide bonds. The Morgan fingerprint density at radius 3 is 2.43 bits per heavy atom. The van der Waals surface area contributed by atoms with Crippen molar-refractivity contribution in [1.82, 2.24) is 15.2 Å². The molecule has 0 radical (unpaired) electrons. The van der Waals surface area contributed by atoms with Gasteiger partial charge in [-0.2, -0.15) is 0 Å². The molecule has 5 rings (SSSR count). The van der Waals surface area contributed by atoms with Gasteiger partial charge >= 0.3 is 0 Å². The Morgan fingerprint density at radius 1 is 0.957 bits per heavy atom. The third-order valence-electron chi connectivity index (χ3n) is 10.4. The summed E-state index contributed by atoms with van der Waals surface area (Å²) >= 11 is 0. The van der Waals surface area contributed by atoms with Gasteiger partial charge in [0.2, 0.25) is 0 Å². The zero-order valence-electron chi connectivity index (χ0n) is 29.4. The van der Waals surface area contributed by atoms with E-state index in [0.29, 0.717) is 17.2 Å². The second-order valence-electron chi connectivity index (χ2n) is 13.8. The smallest absolute Gasteiger partial charge is 0.253 e. The van der Waals surface area contributed by atoms with E-state index in [1.54, 1.807) is 0 Å². The topological polar surface area (TPSA) is 77.7 Å². The molecule has 2 aliphatic rings. The van der Waals surface area contributed by atoms with Crippen molar-refractivity contribution in [3.8, 4) is 11.1 Å². The number of pyridine rings is 1. The normalized spacial score (nSPS) is 18.0. The van der Waals surface area contributed by atoms with E-state index >= 15 is 0 Å². The van der Waals surface area contributed by atoms with Crippen molar-refractivity contribution >= 4 is 11.6 Å². The first-order valence-corrected chi connectivity index (χ1v) is 18.1. The van der Waals surface area contributed by atoms with Crippen molar-refractivity contribution in [2.45, 2.75) is 105 Å². The van der Waals surface area contributed by atoms with Crippen molar-refractivity contribution in [3.05, 3.63) is 86.3 Å². The summed E-state index contributed by atoms with van der Waals surface area (Å²) < 4.78 is 5.69. The minimum Gasteiger partial charge on any atom is -0.381 e. The molecule has 7 nitrogen and oxygen atoms in total. The van der Waals surface area contributed by atoms with Gasteiger partial charge in [-0.1, -0.05) is 56.9 Å². The fraction of sp³-hybridized carbons (Fsp3) is 0.550. The number of nitrogens with one attached hydrogen (secondary N) is 2. The Balaban J connectivity index is 1.41. The molecule has 0 spiro atoms. The number of aryl methyl sites for hydroxylation is 2. The number of nitrogens with zero attached hydrogens (tertiary/aromatic N) is 2. The summed E-state index contributed by atoms with van der Waals surface area (Å²) in [6.07, 6.45) is 9.91. The monoisotopic (exact) mass is 640 g/mol. The van der Waals surface area contributed by atoms with Crippen molar-refractivity contribution in [2.75, 3.05) is 37.7 Å². The average Bonchev–Trinajstić information content (AvgIpc) is 3.05. The van der Waals surface area contributed by atoms with Crippen LogP contribution < -0.4 is 15.8 Å².